The molecule has 1 saturated heterocycles. The molecule has 1 aromatic heterocycles. The van der Waals surface area contributed by atoms with Crippen LogP contribution in [-0.4, -0.2) is 51.4 Å². The Kier molecular flexibility index (Phi) is 5.67. The molecular weight excluding hydrogens is 389 g/mol. The number of fused-ring (bicyclic) bond motifs is 1. The SMILES string of the molecule is COc1cc(OC)cc(C(=O)Nc2cc(F)c3nc(N4CCOCC4)ccc3c2)c1. The third kappa shape index (κ3) is 4.13. The number of morpholine rings is 1. The Balaban J connectivity index is 1.59. The molecule has 0 unspecified atom stereocenters. The lowest BCUT2D eigenvalue weighted by atomic mass is 10.1. The van der Waals surface area contributed by atoms with E-state index in [1.165, 1.54) is 20.3 Å². The van der Waals surface area contributed by atoms with Crippen LogP contribution in [0.1, 0.15) is 10.4 Å². The van der Waals surface area contributed by atoms with E-state index in [4.69, 9.17) is 14.2 Å². The number of pyridine rings is 1. The van der Waals surface area contributed by atoms with Gasteiger partial charge in [0.15, 0.2) is 5.82 Å². The molecule has 1 amide bonds. The molecule has 8 heteroatoms. The second-order valence-electron chi connectivity index (χ2n) is 6.85. The van der Waals surface area contributed by atoms with Gasteiger partial charge in [-0.05, 0) is 36.4 Å². The van der Waals surface area contributed by atoms with Gasteiger partial charge in [0, 0.05) is 35.8 Å². The largest absolute Gasteiger partial charge is 0.497 e. The van der Waals surface area contributed by atoms with E-state index in [0.717, 1.165) is 13.1 Å². The summed E-state index contributed by atoms with van der Waals surface area (Å²) >= 11 is 0. The van der Waals surface area contributed by atoms with Gasteiger partial charge in [-0.15, -0.1) is 0 Å². The highest BCUT2D eigenvalue weighted by Gasteiger charge is 2.16. The van der Waals surface area contributed by atoms with Gasteiger partial charge in [0.2, 0.25) is 0 Å². The summed E-state index contributed by atoms with van der Waals surface area (Å²) in [5, 5.41) is 3.33. The number of hydrogen-bond acceptors (Lipinski definition) is 6. The van der Waals surface area contributed by atoms with E-state index in [9.17, 15) is 9.18 Å². The number of halogens is 1. The van der Waals surface area contributed by atoms with Crippen molar-refractivity contribution in [3.05, 3.63) is 53.8 Å². The van der Waals surface area contributed by atoms with Crippen LogP contribution in [0.25, 0.3) is 10.9 Å². The molecule has 0 saturated carbocycles. The molecule has 0 radical (unpaired) electrons. The van der Waals surface area contributed by atoms with E-state index < -0.39 is 11.7 Å². The molecule has 7 nitrogen and oxygen atoms in total. The lowest BCUT2D eigenvalue weighted by Crippen LogP contribution is -2.36. The number of carbonyl (C=O) groups is 1. The van der Waals surface area contributed by atoms with Crippen molar-refractivity contribution in [2.45, 2.75) is 0 Å². The number of nitrogens with zero attached hydrogens (tertiary/aromatic N) is 2. The van der Waals surface area contributed by atoms with Crippen molar-refractivity contribution in [1.29, 1.82) is 0 Å². The number of methoxy groups -OCH3 is 2. The monoisotopic (exact) mass is 411 g/mol. The van der Waals surface area contributed by atoms with Crippen LogP contribution in [0.5, 0.6) is 11.5 Å². The summed E-state index contributed by atoms with van der Waals surface area (Å²) in [5.41, 5.74) is 0.945. The number of nitrogens with one attached hydrogen (secondary N) is 1. The molecular formula is C22H22FN3O4. The Morgan fingerprint density at radius 2 is 1.77 bits per heavy atom. The number of aromatic nitrogens is 1. The van der Waals surface area contributed by atoms with Crippen molar-refractivity contribution in [3.63, 3.8) is 0 Å². The van der Waals surface area contributed by atoms with Crippen LogP contribution in [0.2, 0.25) is 0 Å². The zero-order valence-electron chi connectivity index (χ0n) is 16.8. The van der Waals surface area contributed by atoms with E-state index in [1.807, 2.05) is 6.07 Å². The lowest BCUT2D eigenvalue weighted by molar-refractivity contribution is 0.102. The number of benzene rings is 2. The maximum Gasteiger partial charge on any atom is 0.255 e. The zero-order chi connectivity index (χ0) is 21.1. The first-order chi connectivity index (χ1) is 14.6. The van der Waals surface area contributed by atoms with Crippen LogP contribution in [0, 0.1) is 5.82 Å². The van der Waals surface area contributed by atoms with Gasteiger partial charge >= 0.3 is 0 Å². The van der Waals surface area contributed by atoms with Crippen molar-refractivity contribution < 1.29 is 23.4 Å². The number of amides is 1. The third-order valence-electron chi connectivity index (χ3n) is 4.94. The van der Waals surface area contributed by atoms with Crippen molar-refractivity contribution in [2.24, 2.45) is 0 Å². The normalized spacial score (nSPS) is 13.9. The van der Waals surface area contributed by atoms with Crippen LogP contribution in [-0.2, 0) is 4.74 Å². The Morgan fingerprint density at radius 3 is 2.43 bits per heavy atom. The predicted molar refractivity (Wildman–Crippen MR) is 112 cm³/mol. The minimum Gasteiger partial charge on any atom is -0.497 e. The maximum atomic E-state index is 14.8. The minimum absolute atomic E-state index is 0.264. The van der Waals surface area contributed by atoms with Crippen LogP contribution in [0.15, 0.2) is 42.5 Å². The predicted octanol–water partition coefficient (Wildman–Crippen LogP) is 3.48. The van der Waals surface area contributed by atoms with Gasteiger partial charge in [-0.2, -0.15) is 0 Å². The van der Waals surface area contributed by atoms with Gasteiger partial charge in [0.1, 0.15) is 22.8 Å². The fraction of sp³-hybridized carbons (Fsp3) is 0.273. The Hall–Kier alpha value is -3.39. The summed E-state index contributed by atoms with van der Waals surface area (Å²) in [7, 11) is 3.01. The molecule has 3 aromatic rings. The van der Waals surface area contributed by atoms with Gasteiger partial charge in [-0.25, -0.2) is 9.37 Å². The molecule has 0 spiro atoms. The highest BCUT2D eigenvalue weighted by molar-refractivity contribution is 6.05. The molecule has 2 heterocycles. The fourth-order valence-corrected chi connectivity index (χ4v) is 3.36. The quantitative estimate of drug-likeness (QED) is 0.693. The molecule has 0 aliphatic carbocycles. The first-order valence-corrected chi connectivity index (χ1v) is 9.55. The van der Waals surface area contributed by atoms with Gasteiger partial charge in [0.25, 0.3) is 5.91 Å². The molecule has 1 fully saturated rings. The topological polar surface area (TPSA) is 72.9 Å². The standard InChI is InChI=1S/C22H22FN3O4/c1-28-17-10-15(11-18(13-17)29-2)22(27)24-16-9-14-3-4-20(25-21(14)19(23)12-16)26-5-7-30-8-6-26/h3-4,9-13H,5-8H2,1-2H3,(H,24,27). The summed E-state index contributed by atoms with van der Waals surface area (Å²) in [6.45, 7) is 2.70. The van der Waals surface area contributed by atoms with Crippen LogP contribution in [0.4, 0.5) is 15.9 Å². The summed E-state index contributed by atoms with van der Waals surface area (Å²) in [5.74, 6) is 0.794. The first-order valence-electron chi connectivity index (χ1n) is 9.55. The molecule has 1 N–H and O–H groups in total. The van der Waals surface area contributed by atoms with E-state index >= 15 is 0 Å². The zero-order valence-corrected chi connectivity index (χ0v) is 16.8. The van der Waals surface area contributed by atoms with Crippen molar-refractivity contribution >= 4 is 28.3 Å². The average Bonchev–Trinajstić information content (AvgIpc) is 2.79. The van der Waals surface area contributed by atoms with Gasteiger partial charge < -0.3 is 24.4 Å². The summed E-state index contributed by atoms with van der Waals surface area (Å²) in [6.07, 6.45) is 0. The maximum absolute atomic E-state index is 14.8. The molecule has 30 heavy (non-hydrogen) atoms. The minimum atomic E-state index is -0.499. The molecule has 0 bridgehead atoms. The number of rotatable bonds is 5. The molecule has 156 valence electrons. The van der Waals surface area contributed by atoms with E-state index in [1.54, 1.807) is 30.3 Å². The van der Waals surface area contributed by atoms with Crippen LogP contribution < -0.4 is 19.7 Å². The number of carbonyl (C=O) groups excluding carboxylic acids is 1. The smallest absolute Gasteiger partial charge is 0.255 e. The molecule has 2 aromatic carbocycles. The Bertz CT molecular complexity index is 1060. The number of anilines is 2. The molecule has 1 aliphatic rings. The van der Waals surface area contributed by atoms with Crippen LogP contribution >= 0.6 is 0 Å². The van der Waals surface area contributed by atoms with Crippen molar-refractivity contribution in [1.82, 2.24) is 4.98 Å². The summed E-state index contributed by atoms with van der Waals surface area (Å²) in [6, 6.07) is 11.5. The third-order valence-corrected chi connectivity index (χ3v) is 4.94. The van der Waals surface area contributed by atoms with E-state index in [-0.39, 0.29) is 5.52 Å². The van der Waals surface area contributed by atoms with Gasteiger partial charge in [-0.1, -0.05) is 0 Å². The van der Waals surface area contributed by atoms with E-state index in [2.05, 4.69) is 15.2 Å². The fourth-order valence-electron chi connectivity index (χ4n) is 3.36. The highest BCUT2D eigenvalue weighted by Crippen LogP contribution is 2.27. The summed E-state index contributed by atoms with van der Waals surface area (Å²) < 4.78 is 30.5. The van der Waals surface area contributed by atoms with Gasteiger partial charge in [-0.3, -0.25) is 4.79 Å². The number of ether oxygens (including phenoxy) is 3. The van der Waals surface area contributed by atoms with E-state index in [0.29, 0.717) is 47.2 Å². The summed E-state index contributed by atoms with van der Waals surface area (Å²) in [4.78, 5) is 19.2. The second kappa shape index (κ2) is 8.54. The van der Waals surface area contributed by atoms with Crippen molar-refractivity contribution in [3.8, 4) is 11.5 Å². The molecule has 0 atom stereocenters. The lowest BCUT2D eigenvalue weighted by Gasteiger charge is -2.28. The second-order valence-corrected chi connectivity index (χ2v) is 6.85. The first kappa shape index (κ1) is 19.9. The van der Waals surface area contributed by atoms with Gasteiger partial charge in [0.05, 0.1) is 27.4 Å². The Labute approximate surface area is 173 Å². The van der Waals surface area contributed by atoms with Crippen molar-refractivity contribution in [2.75, 3.05) is 50.7 Å². The average molecular weight is 411 g/mol. The highest BCUT2D eigenvalue weighted by atomic mass is 19.1. The van der Waals surface area contributed by atoms with Crippen LogP contribution in [0.3, 0.4) is 0 Å². The Morgan fingerprint density at radius 1 is 1.07 bits per heavy atom. The number of hydrogen-bond donors (Lipinski definition) is 1. The molecule has 4 rings (SSSR count). The molecule has 1 aliphatic heterocycles.